The molecule has 0 radical (unpaired) electrons. The molecule has 0 spiro atoms. The van der Waals surface area contributed by atoms with Gasteiger partial charge in [-0.05, 0) is 54.4 Å². The monoisotopic (exact) mass is 336 g/mol. The molecule has 0 aromatic heterocycles. The van der Waals surface area contributed by atoms with E-state index in [2.05, 4.69) is 33.0 Å². The van der Waals surface area contributed by atoms with Crippen molar-refractivity contribution in [2.24, 2.45) is 5.73 Å². The Kier molecular flexibility index (Phi) is 5.15. The van der Waals surface area contributed by atoms with Gasteiger partial charge in [0.2, 0.25) is 0 Å². The van der Waals surface area contributed by atoms with Crippen molar-refractivity contribution in [3.63, 3.8) is 0 Å². The van der Waals surface area contributed by atoms with Crippen LogP contribution in [-0.4, -0.2) is 13.6 Å². The Labute approximate surface area is 127 Å². The van der Waals surface area contributed by atoms with Crippen molar-refractivity contribution >= 4 is 21.6 Å². The van der Waals surface area contributed by atoms with Crippen LogP contribution in [0.1, 0.15) is 11.1 Å². The Bertz CT molecular complexity index is 569. The van der Waals surface area contributed by atoms with Crippen molar-refractivity contribution in [2.45, 2.75) is 13.0 Å². The highest BCUT2D eigenvalue weighted by Gasteiger charge is 2.08. The Balaban J connectivity index is 2.19. The van der Waals surface area contributed by atoms with Crippen molar-refractivity contribution in [1.82, 2.24) is 0 Å². The van der Waals surface area contributed by atoms with E-state index in [1.54, 1.807) is 0 Å². The number of hydrogen-bond acceptors (Lipinski definition) is 2. The topological polar surface area (TPSA) is 29.3 Å². The number of halogens is 2. The summed E-state index contributed by atoms with van der Waals surface area (Å²) in [5, 5.41) is 0. The Morgan fingerprint density at radius 2 is 1.85 bits per heavy atom. The van der Waals surface area contributed by atoms with Crippen LogP contribution < -0.4 is 10.6 Å². The molecule has 0 aliphatic rings. The summed E-state index contributed by atoms with van der Waals surface area (Å²) in [6.45, 7) is 1.35. The molecule has 0 atom stereocenters. The predicted octanol–water partition coefficient (Wildman–Crippen LogP) is 3.73. The second-order valence-electron chi connectivity index (χ2n) is 4.79. The van der Waals surface area contributed by atoms with E-state index in [9.17, 15) is 4.39 Å². The molecule has 0 fully saturated rings. The largest absolute Gasteiger partial charge is 0.370 e. The molecule has 0 unspecified atom stereocenters. The zero-order valence-corrected chi connectivity index (χ0v) is 13.0. The summed E-state index contributed by atoms with van der Waals surface area (Å²) in [5.74, 6) is -0.205. The average Bonchev–Trinajstić information content (AvgIpc) is 2.42. The molecule has 0 heterocycles. The number of nitrogens with two attached hydrogens (primary N) is 1. The lowest BCUT2D eigenvalue weighted by Crippen LogP contribution is -2.19. The van der Waals surface area contributed by atoms with E-state index in [0.717, 1.165) is 28.7 Å². The molecule has 0 aliphatic carbocycles. The fourth-order valence-corrected chi connectivity index (χ4v) is 2.64. The summed E-state index contributed by atoms with van der Waals surface area (Å²) < 4.78 is 14.0. The highest BCUT2D eigenvalue weighted by Crippen LogP contribution is 2.25. The molecule has 0 saturated heterocycles. The molecule has 0 bridgehead atoms. The predicted molar refractivity (Wildman–Crippen MR) is 85.4 cm³/mol. The first-order valence-corrected chi connectivity index (χ1v) is 7.33. The van der Waals surface area contributed by atoms with E-state index in [0.29, 0.717) is 6.54 Å². The van der Waals surface area contributed by atoms with Gasteiger partial charge in [0.15, 0.2) is 0 Å². The van der Waals surface area contributed by atoms with Crippen LogP contribution in [0.5, 0.6) is 0 Å². The molecular formula is C16H18BrFN2. The molecule has 0 amide bonds. The molecule has 2 nitrogen and oxygen atoms in total. The third-order valence-corrected chi connectivity index (χ3v) is 3.69. The Hall–Kier alpha value is -1.39. The average molecular weight is 337 g/mol. The fraction of sp³-hybridized carbons (Fsp3) is 0.250. The third kappa shape index (κ3) is 3.81. The van der Waals surface area contributed by atoms with Gasteiger partial charge >= 0.3 is 0 Å². The number of anilines is 1. The highest BCUT2D eigenvalue weighted by molar-refractivity contribution is 9.10. The summed E-state index contributed by atoms with van der Waals surface area (Å²) in [4.78, 5) is 2.16. The molecule has 0 aliphatic heterocycles. The van der Waals surface area contributed by atoms with Gasteiger partial charge in [-0.3, -0.25) is 0 Å². The minimum Gasteiger partial charge on any atom is -0.370 e. The van der Waals surface area contributed by atoms with Gasteiger partial charge in [-0.15, -0.1) is 0 Å². The van der Waals surface area contributed by atoms with Crippen molar-refractivity contribution in [1.29, 1.82) is 0 Å². The first-order valence-electron chi connectivity index (χ1n) is 6.54. The van der Waals surface area contributed by atoms with Gasteiger partial charge in [-0.1, -0.05) is 28.1 Å². The van der Waals surface area contributed by atoms with Crippen LogP contribution in [0.15, 0.2) is 46.9 Å². The maximum atomic E-state index is 12.9. The molecular weight excluding hydrogens is 319 g/mol. The molecule has 0 saturated carbocycles. The molecule has 2 rings (SSSR count). The lowest BCUT2D eigenvalue weighted by Gasteiger charge is -2.23. The van der Waals surface area contributed by atoms with Gasteiger partial charge in [0.1, 0.15) is 5.82 Å². The van der Waals surface area contributed by atoms with Gasteiger partial charge in [0.25, 0.3) is 0 Å². The van der Waals surface area contributed by atoms with E-state index in [4.69, 9.17) is 5.73 Å². The molecule has 2 N–H and O–H groups in total. The Morgan fingerprint density at radius 3 is 2.50 bits per heavy atom. The standard InChI is InChI=1S/C16H18BrFN2/c1-20(11-12-2-5-15(18)6-3-12)16-7-4-14(17)10-13(16)8-9-19/h2-7,10H,8-9,11,19H2,1H3. The van der Waals surface area contributed by atoms with Crippen LogP contribution in [0.4, 0.5) is 10.1 Å². The van der Waals surface area contributed by atoms with Crippen molar-refractivity contribution in [3.8, 4) is 0 Å². The number of hydrogen-bond donors (Lipinski definition) is 1. The molecule has 2 aromatic rings. The van der Waals surface area contributed by atoms with Gasteiger partial charge in [-0.2, -0.15) is 0 Å². The van der Waals surface area contributed by atoms with Crippen LogP contribution in [0.25, 0.3) is 0 Å². The number of rotatable bonds is 5. The first-order chi connectivity index (χ1) is 9.60. The zero-order chi connectivity index (χ0) is 14.5. The minimum absolute atomic E-state index is 0.205. The molecule has 4 heteroatoms. The molecule has 106 valence electrons. The summed E-state index contributed by atoms with van der Waals surface area (Å²) in [6.07, 6.45) is 0.836. The van der Waals surface area contributed by atoms with Gasteiger partial charge < -0.3 is 10.6 Å². The normalized spacial score (nSPS) is 10.6. The van der Waals surface area contributed by atoms with E-state index < -0.39 is 0 Å². The summed E-state index contributed by atoms with van der Waals surface area (Å²) in [6, 6.07) is 12.8. The molecule has 2 aromatic carbocycles. The second kappa shape index (κ2) is 6.86. The smallest absolute Gasteiger partial charge is 0.123 e. The number of benzene rings is 2. The van der Waals surface area contributed by atoms with Crippen LogP contribution in [0, 0.1) is 5.82 Å². The summed E-state index contributed by atoms with van der Waals surface area (Å²) in [7, 11) is 2.03. The summed E-state index contributed by atoms with van der Waals surface area (Å²) >= 11 is 3.49. The first kappa shape index (κ1) is 15.0. The van der Waals surface area contributed by atoms with Crippen LogP contribution in [-0.2, 0) is 13.0 Å². The maximum absolute atomic E-state index is 12.9. The fourth-order valence-electron chi connectivity index (χ4n) is 2.23. The van der Waals surface area contributed by atoms with Crippen LogP contribution in [0.3, 0.4) is 0 Å². The van der Waals surface area contributed by atoms with E-state index in [1.165, 1.54) is 17.7 Å². The number of nitrogens with zero attached hydrogens (tertiary/aromatic N) is 1. The zero-order valence-electron chi connectivity index (χ0n) is 11.4. The Morgan fingerprint density at radius 1 is 1.15 bits per heavy atom. The molecule has 20 heavy (non-hydrogen) atoms. The third-order valence-electron chi connectivity index (χ3n) is 3.20. The van der Waals surface area contributed by atoms with Gasteiger partial charge in [0, 0.05) is 23.8 Å². The van der Waals surface area contributed by atoms with Crippen molar-refractivity contribution in [3.05, 3.63) is 63.9 Å². The van der Waals surface area contributed by atoms with Crippen molar-refractivity contribution < 1.29 is 4.39 Å². The van der Waals surface area contributed by atoms with E-state index >= 15 is 0 Å². The minimum atomic E-state index is -0.205. The lowest BCUT2D eigenvalue weighted by molar-refractivity contribution is 0.627. The van der Waals surface area contributed by atoms with E-state index in [-0.39, 0.29) is 5.82 Å². The van der Waals surface area contributed by atoms with Gasteiger partial charge in [-0.25, -0.2) is 4.39 Å². The lowest BCUT2D eigenvalue weighted by atomic mass is 10.1. The second-order valence-corrected chi connectivity index (χ2v) is 5.71. The van der Waals surface area contributed by atoms with Gasteiger partial charge in [0.05, 0.1) is 0 Å². The maximum Gasteiger partial charge on any atom is 0.123 e. The highest BCUT2D eigenvalue weighted by atomic mass is 79.9. The van der Waals surface area contributed by atoms with Crippen LogP contribution in [0.2, 0.25) is 0 Å². The van der Waals surface area contributed by atoms with E-state index in [1.807, 2.05) is 25.2 Å². The SMILES string of the molecule is CN(Cc1ccc(F)cc1)c1ccc(Br)cc1CCN. The van der Waals surface area contributed by atoms with Crippen molar-refractivity contribution in [2.75, 3.05) is 18.5 Å². The quantitative estimate of drug-likeness (QED) is 0.901. The van der Waals surface area contributed by atoms with Crippen LogP contribution >= 0.6 is 15.9 Å². The summed E-state index contributed by atoms with van der Waals surface area (Å²) in [5.41, 5.74) is 9.12.